The van der Waals surface area contributed by atoms with Gasteiger partial charge in [-0.15, -0.1) is 0 Å². The van der Waals surface area contributed by atoms with Crippen LogP contribution in [0.4, 0.5) is 0 Å². The third-order valence-corrected chi connectivity index (χ3v) is 5.27. The van der Waals surface area contributed by atoms with Gasteiger partial charge in [0, 0.05) is 25.5 Å². The molecule has 3 rings (SSSR count). The maximum Gasteiger partial charge on any atom is 0.253 e. The average Bonchev–Trinajstić information content (AvgIpc) is 3.19. The van der Waals surface area contributed by atoms with Gasteiger partial charge in [-0.25, -0.2) is 4.98 Å². The van der Waals surface area contributed by atoms with Gasteiger partial charge in [-0.2, -0.15) is 0 Å². The van der Waals surface area contributed by atoms with Crippen LogP contribution in [0.2, 0.25) is 10.0 Å². The average molecular weight is 432 g/mol. The fourth-order valence-corrected chi connectivity index (χ4v) is 3.57. The van der Waals surface area contributed by atoms with Gasteiger partial charge in [0.2, 0.25) is 0 Å². The van der Waals surface area contributed by atoms with E-state index in [2.05, 4.69) is 31.1 Å². The Morgan fingerprint density at radius 2 is 2.03 bits per heavy atom. The summed E-state index contributed by atoms with van der Waals surface area (Å²) >= 11 is 12.8. The third-order valence-electron chi connectivity index (χ3n) is 4.60. The van der Waals surface area contributed by atoms with Gasteiger partial charge in [0.05, 0.1) is 21.9 Å². The number of ether oxygens (including phenoxy) is 1. The van der Waals surface area contributed by atoms with Crippen LogP contribution >= 0.6 is 23.2 Å². The Morgan fingerprint density at radius 1 is 1.24 bits per heavy atom. The molecule has 0 aliphatic rings. The summed E-state index contributed by atoms with van der Waals surface area (Å²) < 4.78 is 7.86. The van der Waals surface area contributed by atoms with E-state index in [-0.39, 0.29) is 16.7 Å². The predicted molar refractivity (Wildman–Crippen MR) is 116 cm³/mol. The van der Waals surface area contributed by atoms with Crippen molar-refractivity contribution in [2.45, 2.75) is 33.2 Å². The Balaban J connectivity index is 1.78. The van der Waals surface area contributed by atoms with Crippen molar-refractivity contribution in [1.82, 2.24) is 14.9 Å². The van der Waals surface area contributed by atoms with E-state index >= 15 is 0 Å². The zero-order valence-electron chi connectivity index (χ0n) is 16.6. The molecule has 1 aromatic heterocycles. The molecule has 0 aliphatic carbocycles. The summed E-state index contributed by atoms with van der Waals surface area (Å²) in [5.74, 6) is 0.968. The van der Waals surface area contributed by atoms with Gasteiger partial charge < -0.3 is 14.6 Å². The first-order chi connectivity index (χ1) is 13.9. The highest BCUT2D eigenvalue weighted by Crippen LogP contribution is 2.39. The molecule has 2 aromatic carbocycles. The number of halogens is 2. The van der Waals surface area contributed by atoms with E-state index in [1.54, 1.807) is 24.7 Å². The number of carbonyl (C=O) groups is 1. The van der Waals surface area contributed by atoms with Crippen LogP contribution in [-0.4, -0.2) is 22.0 Å². The molecule has 152 valence electrons. The molecule has 0 unspecified atom stereocenters. The Bertz CT molecular complexity index is 1000. The largest absolute Gasteiger partial charge is 0.454 e. The molecule has 0 aliphatic heterocycles. The molecular formula is C22H23Cl2N3O2. The van der Waals surface area contributed by atoms with Crippen molar-refractivity contribution in [3.63, 3.8) is 0 Å². The third kappa shape index (κ3) is 5.11. The molecule has 0 saturated heterocycles. The molecule has 29 heavy (non-hydrogen) atoms. The number of nitrogens with one attached hydrogen (secondary N) is 1. The van der Waals surface area contributed by atoms with Gasteiger partial charge in [0.15, 0.2) is 5.75 Å². The van der Waals surface area contributed by atoms with Crippen LogP contribution in [-0.2, 0) is 6.54 Å². The minimum Gasteiger partial charge on any atom is -0.454 e. The lowest BCUT2D eigenvalue weighted by atomic mass is 9.98. The maximum absolute atomic E-state index is 12.6. The van der Waals surface area contributed by atoms with Gasteiger partial charge in [0.25, 0.3) is 5.91 Å². The number of hydrogen-bond acceptors (Lipinski definition) is 3. The Hall–Kier alpha value is -2.50. The number of aromatic nitrogens is 2. The smallest absolute Gasteiger partial charge is 0.253 e. The van der Waals surface area contributed by atoms with Crippen molar-refractivity contribution in [3.05, 3.63) is 75.8 Å². The zero-order valence-corrected chi connectivity index (χ0v) is 18.1. The minimum atomic E-state index is -0.289. The molecule has 1 amide bonds. The molecule has 0 spiro atoms. The summed E-state index contributed by atoms with van der Waals surface area (Å²) in [6.45, 7) is 7.37. The van der Waals surface area contributed by atoms with Crippen molar-refractivity contribution in [2.24, 2.45) is 0 Å². The zero-order chi connectivity index (χ0) is 21.0. The molecule has 7 heteroatoms. The number of nitrogens with zero attached hydrogens (tertiary/aromatic N) is 2. The number of rotatable bonds is 7. The van der Waals surface area contributed by atoms with E-state index in [9.17, 15) is 4.79 Å². The fraction of sp³-hybridized carbons (Fsp3) is 0.273. The summed E-state index contributed by atoms with van der Waals surface area (Å²) in [6.07, 6.45) is 5.22. The monoisotopic (exact) mass is 431 g/mol. The van der Waals surface area contributed by atoms with E-state index in [0.717, 1.165) is 0 Å². The van der Waals surface area contributed by atoms with Crippen LogP contribution in [0.25, 0.3) is 0 Å². The first kappa shape index (κ1) is 21.2. The molecule has 0 radical (unpaired) electrons. The van der Waals surface area contributed by atoms with Gasteiger partial charge in [-0.3, -0.25) is 4.79 Å². The fourth-order valence-electron chi connectivity index (χ4n) is 3.04. The molecule has 5 nitrogen and oxygen atoms in total. The second-order valence-electron chi connectivity index (χ2n) is 7.07. The molecule has 0 bridgehead atoms. The Morgan fingerprint density at radius 3 is 2.72 bits per heavy atom. The summed E-state index contributed by atoms with van der Waals surface area (Å²) in [5.41, 5.74) is 2.69. The lowest BCUT2D eigenvalue weighted by Crippen LogP contribution is -2.27. The van der Waals surface area contributed by atoms with Crippen LogP contribution in [0.5, 0.6) is 11.5 Å². The summed E-state index contributed by atoms with van der Waals surface area (Å²) in [6, 6.07) is 9.05. The van der Waals surface area contributed by atoms with E-state index in [4.69, 9.17) is 27.9 Å². The quantitative estimate of drug-likeness (QED) is 0.510. The Kier molecular flexibility index (Phi) is 6.83. The lowest BCUT2D eigenvalue weighted by Gasteiger charge is -2.15. The lowest BCUT2D eigenvalue weighted by molar-refractivity contribution is 0.0952. The molecule has 0 atom stereocenters. The van der Waals surface area contributed by atoms with E-state index < -0.39 is 0 Å². The summed E-state index contributed by atoms with van der Waals surface area (Å²) in [4.78, 5) is 16.6. The van der Waals surface area contributed by atoms with Gasteiger partial charge >= 0.3 is 0 Å². The first-order valence-corrected chi connectivity index (χ1v) is 10.1. The SMILES string of the molecule is Cc1ccc(Oc2c(Cl)ccc(C(=O)NCCn3ccnc3)c2Cl)cc1C(C)C. The highest BCUT2D eigenvalue weighted by atomic mass is 35.5. The molecular weight excluding hydrogens is 409 g/mol. The Labute approximate surface area is 180 Å². The number of imidazole rings is 1. The van der Waals surface area contributed by atoms with E-state index in [0.29, 0.717) is 35.3 Å². The topological polar surface area (TPSA) is 56.1 Å². The van der Waals surface area contributed by atoms with Crippen molar-refractivity contribution in [1.29, 1.82) is 0 Å². The first-order valence-electron chi connectivity index (χ1n) is 9.37. The highest BCUT2D eigenvalue weighted by Gasteiger charge is 2.18. The number of aryl methyl sites for hydroxylation is 1. The molecule has 3 aromatic rings. The summed E-state index contributed by atoms with van der Waals surface area (Å²) in [7, 11) is 0. The van der Waals surface area contributed by atoms with Crippen LogP contribution in [0.3, 0.4) is 0 Å². The van der Waals surface area contributed by atoms with Crippen LogP contribution in [0.1, 0.15) is 41.3 Å². The molecule has 0 saturated carbocycles. The standard InChI is InChI=1S/C22H23Cl2N3O2/c1-14(2)18-12-16(5-4-15(18)3)29-21-19(23)7-6-17(20(21)24)22(28)26-9-11-27-10-8-25-13-27/h4-8,10,12-14H,9,11H2,1-3H3,(H,26,28). The highest BCUT2D eigenvalue weighted by molar-refractivity contribution is 6.39. The van der Waals surface area contributed by atoms with Crippen molar-refractivity contribution < 1.29 is 9.53 Å². The number of carbonyl (C=O) groups excluding carboxylic acids is 1. The van der Waals surface area contributed by atoms with Crippen molar-refractivity contribution in [2.75, 3.05) is 6.54 Å². The molecule has 0 fully saturated rings. The van der Waals surface area contributed by atoms with Gasteiger partial charge in [0.1, 0.15) is 5.75 Å². The number of benzene rings is 2. The van der Waals surface area contributed by atoms with E-state index in [1.165, 1.54) is 11.1 Å². The normalized spacial score (nSPS) is 11.0. The molecule has 1 N–H and O–H groups in total. The number of amides is 1. The van der Waals surface area contributed by atoms with Crippen molar-refractivity contribution in [3.8, 4) is 11.5 Å². The predicted octanol–water partition coefficient (Wildman–Crippen LogP) is 5.84. The number of hydrogen-bond donors (Lipinski definition) is 1. The van der Waals surface area contributed by atoms with Crippen molar-refractivity contribution >= 4 is 29.1 Å². The van der Waals surface area contributed by atoms with Crippen LogP contribution in [0.15, 0.2) is 49.1 Å². The minimum absolute atomic E-state index is 0.185. The van der Waals surface area contributed by atoms with Gasteiger partial charge in [-0.05, 0) is 48.2 Å². The van der Waals surface area contributed by atoms with Crippen LogP contribution in [0, 0.1) is 6.92 Å². The van der Waals surface area contributed by atoms with Gasteiger partial charge in [-0.1, -0.05) is 43.1 Å². The maximum atomic E-state index is 12.6. The summed E-state index contributed by atoms with van der Waals surface area (Å²) in [5, 5.41) is 3.38. The second kappa shape index (κ2) is 9.33. The molecule has 1 heterocycles. The van der Waals surface area contributed by atoms with Crippen LogP contribution < -0.4 is 10.1 Å². The van der Waals surface area contributed by atoms with E-state index in [1.807, 2.05) is 29.0 Å². The second-order valence-corrected chi connectivity index (χ2v) is 7.85.